The van der Waals surface area contributed by atoms with E-state index >= 15 is 0 Å². The summed E-state index contributed by atoms with van der Waals surface area (Å²) >= 11 is 5.95. The molecule has 4 nitrogen and oxygen atoms in total. The molecule has 2 aromatic carbocycles. The summed E-state index contributed by atoms with van der Waals surface area (Å²) in [7, 11) is 0. The molecule has 0 aromatic heterocycles. The zero-order valence-electron chi connectivity index (χ0n) is 15.1. The van der Waals surface area contributed by atoms with Crippen molar-refractivity contribution in [2.45, 2.75) is 31.7 Å². The number of nitrogens with one attached hydrogen (secondary N) is 2. The average molecular weight is 373 g/mol. The molecule has 0 aliphatic carbocycles. The van der Waals surface area contributed by atoms with Crippen LogP contribution in [0.2, 0.25) is 5.02 Å². The van der Waals surface area contributed by atoms with Gasteiger partial charge in [-0.1, -0.05) is 43.1 Å². The Kier molecular flexibility index (Phi) is 6.30. The van der Waals surface area contributed by atoms with Gasteiger partial charge in [-0.05, 0) is 55.3 Å². The summed E-state index contributed by atoms with van der Waals surface area (Å²) in [6, 6.07) is 15.0. The van der Waals surface area contributed by atoms with Crippen LogP contribution in [0.25, 0.3) is 0 Å². The number of amides is 1. The van der Waals surface area contributed by atoms with Gasteiger partial charge in [0.05, 0.1) is 12.1 Å². The van der Waals surface area contributed by atoms with Crippen molar-refractivity contribution in [1.82, 2.24) is 5.32 Å². The Morgan fingerprint density at radius 1 is 1.23 bits per heavy atom. The first-order chi connectivity index (χ1) is 12.6. The van der Waals surface area contributed by atoms with Crippen molar-refractivity contribution in [2.24, 2.45) is 0 Å². The van der Waals surface area contributed by atoms with Crippen LogP contribution in [0.5, 0.6) is 0 Å². The number of carbonyl (C=O) groups excluding carboxylic acids is 1. The Hall–Kier alpha value is -1.88. The van der Waals surface area contributed by atoms with Gasteiger partial charge >= 0.3 is 0 Å². The first-order valence-electron chi connectivity index (χ1n) is 9.13. The van der Waals surface area contributed by atoms with Gasteiger partial charge < -0.3 is 15.4 Å². The third-order valence-corrected chi connectivity index (χ3v) is 5.03. The highest BCUT2D eigenvalue weighted by Gasteiger charge is 2.35. The van der Waals surface area contributed by atoms with E-state index in [9.17, 15) is 4.79 Å². The van der Waals surface area contributed by atoms with Gasteiger partial charge in [-0.3, -0.25) is 4.79 Å². The third-order valence-electron chi connectivity index (χ3n) is 4.80. The predicted octanol–water partition coefficient (Wildman–Crippen LogP) is 4.60. The van der Waals surface area contributed by atoms with Gasteiger partial charge in [0.25, 0.3) is 5.91 Å². The number of carbonyl (C=O) groups is 1. The molecule has 1 atom stereocenters. The maximum atomic E-state index is 12.3. The van der Waals surface area contributed by atoms with Gasteiger partial charge in [0.2, 0.25) is 0 Å². The Morgan fingerprint density at radius 3 is 2.69 bits per heavy atom. The van der Waals surface area contributed by atoms with Crippen LogP contribution in [-0.2, 0) is 10.3 Å². The average Bonchev–Trinajstić information content (AvgIpc) is 3.12. The molecule has 1 saturated heterocycles. The van der Waals surface area contributed by atoms with E-state index < -0.39 is 0 Å². The van der Waals surface area contributed by atoms with Crippen LogP contribution in [0.15, 0.2) is 48.5 Å². The Balaban J connectivity index is 1.70. The summed E-state index contributed by atoms with van der Waals surface area (Å²) in [6.45, 7) is 4.63. The standard InChI is InChI=1S/C21H25ClN2O2/c1-2-3-12-23-21(11-13-26-15-21)17-7-9-19(10-8-17)24-20(25)16-5-4-6-18(22)14-16/h4-10,14,23H,2-3,11-13,15H2,1H3,(H,24,25). The van der Waals surface area contributed by atoms with E-state index in [0.29, 0.717) is 17.2 Å². The number of ether oxygens (including phenoxy) is 1. The molecule has 2 N–H and O–H groups in total. The van der Waals surface area contributed by atoms with Crippen molar-refractivity contribution in [3.63, 3.8) is 0 Å². The first kappa shape index (κ1) is 18.9. The Bertz CT molecular complexity index is 740. The van der Waals surface area contributed by atoms with E-state index in [2.05, 4.69) is 29.7 Å². The molecule has 0 bridgehead atoms. The molecule has 138 valence electrons. The minimum absolute atomic E-state index is 0.120. The SMILES string of the molecule is CCCCNC1(c2ccc(NC(=O)c3cccc(Cl)c3)cc2)CCOC1. The summed E-state index contributed by atoms with van der Waals surface area (Å²) in [5.41, 5.74) is 2.39. The zero-order chi connectivity index (χ0) is 18.4. The van der Waals surface area contributed by atoms with Gasteiger partial charge in [-0.15, -0.1) is 0 Å². The maximum Gasteiger partial charge on any atom is 0.255 e. The molecular formula is C21H25ClN2O2. The highest BCUT2D eigenvalue weighted by atomic mass is 35.5. The largest absolute Gasteiger partial charge is 0.379 e. The van der Waals surface area contributed by atoms with Gasteiger partial charge in [-0.2, -0.15) is 0 Å². The molecule has 0 saturated carbocycles. The molecule has 26 heavy (non-hydrogen) atoms. The predicted molar refractivity (Wildman–Crippen MR) is 106 cm³/mol. The van der Waals surface area contributed by atoms with Gasteiger partial charge in [0, 0.05) is 22.9 Å². The van der Waals surface area contributed by atoms with Crippen LogP contribution in [0, 0.1) is 0 Å². The summed E-state index contributed by atoms with van der Waals surface area (Å²) in [6.07, 6.45) is 3.28. The van der Waals surface area contributed by atoms with Crippen LogP contribution in [0.1, 0.15) is 42.1 Å². The summed E-state index contributed by atoms with van der Waals surface area (Å²) < 4.78 is 5.66. The summed E-state index contributed by atoms with van der Waals surface area (Å²) in [5.74, 6) is -0.166. The van der Waals surface area contributed by atoms with E-state index in [4.69, 9.17) is 16.3 Å². The Morgan fingerprint density at radius 2 is 2.04 bits per heavy atom. The molecule has 1 unspecified atom stereocenters. The molecule has 3 rings (SSSR count). The lowest BCUT2D eigenvalue weighted by atomic mass is 9.88. The number of rotatable bonds is 7. The number of halogens is 1. The second-order valence-corrected chi connectivity index (χ2v) is 7.14. The fraction of sp³-hybridized carbons (Fsp3) is 0.381. The van der Waals surface area contributed by atoms with Crippen molar-refractivity contribution in [3.8, 4) is 0 Å². The molecule has 1 aliphatic rings. The van der Waals surface area contributed by atoms with Gasteiger partial charge in [0.15, 0.2) is 0 Å². The minimum atomic E-state index is -0.166. The van der Waals surface area contributed by atoms with Crippen molar-refractivity contribution in [2.75, 3.05) is 25.1 Å². The van der Waals surface area contributed by atoms with Crippen LogP contribution in [-0.4, -0.2) is 25.7 Å². The molecule has 2 aromatic rings. The molecule has 1 fully saturated rings. The first-order valence-corrected chi connectivity index (χ1v) is 9.51. The second-order valence-electron chi connectivity index (χ2n) is 6.71. The molecule has 5 heteroatoms. The lowest BCUT2D eigenvalue weighted by Crippen LogP contribution is -2.43. The van der Waals surface area contributed by atoms with Crippen molar-refractivity contribution < 1.29 is 9.53 Å². The molecular weight excluding hydrogens is 348 g/mol. The van der Waals surface area contributed by atoms with Crippen molar-refractivity contribution in [1.29, 1.82) is 0 Å². The Labute approximate surface area is 159 Å². The van der Waals surface area contributed by atoms with E-state index in [-0.39, 0.29) is 11.4 Å². The fourth-order valence-electron chi connectivity index (χ4n) is 3.24. The number of benzene rings is 2. The van der Waals surface area contributed by atoms with Crippen LogP contribution in [0.3, 0.4) is 0 Å². The lowest BCUT2D eigenvalue weighted by molar-refractivity contribution is 0.102. The van der Waals surface area contributed by atoms with Gasteiger partial charge in [0.1, 0.15) is 0 Å². The van der Waals surface area contributed by atoms with Crippen molar-refractivity contribution >= 4 is 23.2 Å². The molecule has 1 amide bonds. The smallest absolute Gasteiger partial charge is 0.255 e. The number of unbranched alkanes of at least 4 members (excludes halogenated alkanes) is 1. The third kappa shape index (κ3) is 4.44. The van der Waals surface area contributed by atoms with E-state index in [0.717, 1.165) is 31.7 Å². The molecule has 1 heterocycles. The topological polar surface area (TPSA) is 50.4 Å². The van der Waals surface area contributed by atoms with Gasteiger partial charge in [-0.25, -0.2) is 0 Å². The summed E-state index contributed by atoms with van der Waals surface area (Å²) in [5, 5.41) is 7.15. The minimum Gasteiger partial charge on any atom is -0.379 e. The van der Waals surface area contributed by atoms with Crippen LogP contribution >= 0.6 is 11.6 Å². The molecule has 0 radical (unpaired) electrons. The second kappa shape index (κ2) is 8.67. The fourth-order valence-corrected chi connectivity index (χ4v) is 3.43. The highest BCUT2D eigenvalue weighted by Crippen LogP contribution is 2.31. The zero-order valence-corrected chi connectivity index (χ0v) is 15.8. The highest BCUT2D eigenvalue weighted by molar-refractivity contribution is 6.31. The van der Waals surface area contributed by atoms with Crippen LogP contribution < -0.4 is 10.6 Å². The van der Waals surface area contributed by atoms with E-state index in [1.54, 1.807) is 24.3 Å². The quantitative estimate of drug-likeness (QED) is 0.698. The monoisotopic (exact) mass is 372 g/mol. The molecule has 0 spiro atoms. The number of hydrogen-bond donors (Lipinski definition) is 2. The lowest BCUT2D eigenvalue weighted by Gasteiger charge is -2.30. The molecule has 1 aliphatic heterocycles. The van der Waals surface area contributed by atoms with Crippen LogP contribution in [0.4, 0.5) is 5.69 Å². The maximum absolute atomic E-state index is 12.3. The van der Waals surface area contributed by atoms with E-state index in [1.165, 1.54) is 12.0 Å². The van der Waals surface area contributed by atoms with Crippen molar-refractivity contribution in [3.05, 3.63) is 64.7 Å². The number of hydrogen-bond acceptors (Lipinski definition) is 3. The normalized spacial score (nSPS) is 19.5. The summed E-state index contributed by atoms with van der Waals surface area (Å²) in [4.78, 5) is 12.3. The van der Waals surface area contributed by atoms with E-state index in [1.807, 2.05) is 12.1 Å². The number of anilines is 1.